The van der Waals surface area contributed by atoms with Crippen molar-refractivity contribution in [2.45, 2.75) is 19.9 Å². The molecule has 0 saturated heterocycles. The number of aryl methyl sites for hydroxylation is 1. The number of rotatable bonds is 8. The molecule has 7 heteroatoms. The topological polar surface area (TPSA) is 99.2 Å². The Morgan fingerprint density at radius 1 is 1.00 bits per heavy atom. The molecule has 0 aliphatic rings. The molecule has 0 aliphatic heterocycles. The van der Waals surface area contributed by atoms with Crippen LogP contribution in [-0.2, 0) is 17.8 Å². The monoisotopic (exact) mass is 454 g/mol. The van der Waals surface area contributed by atoms with Crippen molar-refractivity contribution in [3.63, 3.8) is 0 Å². The molecule has 1 aromatic heterocycles. The molecule has 34 heavy (non-hydrogen) atoms. The van der Waals surface area contributed by atoms with Crippen molar-refractivity contribution in [3.05, 3.63) is 101 Å². The number of anilines is 1. The molecule has 0 bridgehead atoms. The van der Waals surface area contributed by atoms with E-state index in [0.717, 1.165) is 28.1 Å². The fraction of sp³-hybridized carbons (Fsp3) is 0.148. The van der Waals surface area contributed by atoms with E-state index < -0.39 is 5.91 Å². The number of carbonyl (C=O) groups excluding carboxylic acids is 2. The number of ether oxygens (including phenoxy) is 1. The van der Waals surface area contributed by atoms with Crippen LogP contribution in [0.4, 0.5) is 5.69 Å². The SMILES string of the molecule is COc1cccc(NC(=O)c2cccc(Cc3c(C)nn(CC(N)=O)c3-c3ccccc3)c2)c1. The van der Waals surface area contributed by atoms with Gasteiger partial charge in [0.15, 0.2) is 0 Å². The van der Waals surface area contributed by atoms with Gasteiger partial charge in [0.05, 0.1) is 18.5 Å². The lowest BCUT2D eigenvalue weighted by Crippen LogP contribution is -2.20. The van der Waals surface area contributed by atoms with Crippen LogP contribution < -0.4 is 15.8 Å². The molecule has 0 atom stereocenters. The molecule has 0 fully saturated rings. The summed E-state index contributed by atoms with van der Waals surface area (Å²) in [5, 5.41) is 7.49. The molecule has 0 saturated carbocycles. The number of nitrogens with two attached hydrogens (primary N) is 1. The van der Waals surface area contributed by atoms with Gasteiger partial charge >= 0.3 is 0 Å². The van der Waals surface area contributed by atoms with E-state index in [4.69, 9.17) is 10.5 Å². The van der Waals surface area contributed by atoms with Crippen LogP contribution in [0.5, 0.6) is 5.75 Å². The third kappa shape index (κ3) is 5.15. The zero-order valence-electron chi connectivity index (χ0n) is 19.1. The minimum atomic E-state index is -0.456. The predicted octanol–water partition coefficient (Wildman–Crippen LogP) is 4.20. The fourth-order valence-electron chi connectivity index (χ4n) is 3.94. The molecule has 4 aromatic rings. The van der Waals surface area contributed by atoms with Crippen LogP contribution in [-0.4, -0.2) is 28.7 Å². The number of primary amides is 1. The summed E-state index contributed by atoms with van der Waals surface area (Å²) in [4.78, 5) is 24.5. The number of hydrogen-bond donors (Lipinski definition) is 2. The van der Waals surface area contributed by atoms with Gasteiger partial charge in [-0.15, -0.1) is 0 Å². The Labute approximate surface area is 198 Å². The number of amides is 2. The average Bonchev–Trinajstić information content (AvgIpc) is 3.13. The van der Waals surface area contributed by atoms with Crippen molar-refractivity contribution in [2.24, 2.45) is 5.73 Å². The Balaban J connectivity index is 1.63. The van der Waals surface area contributed by atoms with Gasteiger partial charge in [0.25, 0.3) is 5.91 Å². The number of carbonyl (C=O) groups is 2. The molecular formula is C27H26N4O3. The molecule has 0 aliphatic carbocycles. The van der Waals surface area contributed by atoms with Crippen LogP contribution >= 0.6 is 0 Å². The van der Waals surface area contributed by atoms with Gasteiger partial charge < -0.3 is 15.8 Å². The Hall–Kier alpha value is -4.39. The third-order valence-corrected chi connectivity index (χ3v) is 5.50. The van der Waals surface area contributed by atoms with E-state index in [-0.39, 0.29) is 12.5 Å². The van der Waals surface area contributed by atoms with Crippen molar-refractivity contribution in [2.75, 3.05) is 12.4 Å². The average molecular weight is 455 g/mol. The molecule has 4 rings (SSSR count). The van der Waals surface area contributed by atoms with Crippen LogP contribution in [0.3, 0.4) is 0 Å². The summed E-state index contributed by atoms with van der Waals surface area (Å²) in [7, 11) is 1.58. The van der Waals surface area contributed by atoms with Crippen molar-refractivity contribution in [3.8, 4) is 17.0 Å². The summed E-state index contributed by atoms with van der Waals surface area (Å²) in [6.07, 6.45) is 0.551. The fourth-order valence-corrected chi connectivity index (χ4v) is 3.94. The lowest BCUT2D eigenvalue weighted by molar-refractivity contribution is -0.118. The van der Waals surface area contributed by atoms with Gasteiger partial charge in [-0.05, 0) is 36.8 Å². The van der Waals surface area contributed by atoms with Gasteiger partial charge in [0.1, 0.15) is 12.3 Å². The minimum absolute atomic E-state index is 0.00590. The standard InChI is InChI=1S/C27H26N4O3/c1-18-24(26(20-9-4-3-5-10-20)31(30-18)17-25(28)32)15-19-8-6-11-21(14-19)27(33)29-22-12-7-13-23(16-22)34-2/h3-14,16H,15,17H2,1-2H3,(H2,28,32)(H,29,33). The molecule has 172 valence electrons. The summed E-state index contributed by atoms with van der Waals surface area (Å²) in [6, 6.07) is 24.5. The normalized spacial score (nSPS) is 10.6. The summed E-state index contributed by atoms with van der Waals surface area (Å²) < 4.78 is 6.88. The molecule has 3 N–H and O–H groups in total. The van der Waals surface area contributed by atoms with E-state index in [0.29, 0.717) is 23.4 Å². The van der Waals surface area contributed by atoms with E-state index in [1.54, 1.807) is 23.9 Å². The van der Waals surface area contributed by atoms with Crippen LogP contribution in [0, 0.1) is 6.92 Å². The molecule has 0 radical (unpaired) electrons. The lowest BCUT2D eigenvalue weighted by Gasteiger charge is -2.11. The van der Waals surface area contributed by atoms with Crippen molar-refractivity contribution < 1.29 is 14.3 Å². The highest BCUT2D eigenvalue weighted by Gasteiger charge is 2.19. The van der Waals surface area contributed by atoms with Crippen LogP contribution in [0.25, 0.3) is 11.3 Å². The first-order chi connectivity index (χ1) is 16.4. The number of benzene rings is 3. The van der Waals surface area contributed by atoms with Crippen LogP contribution in [0.1, 0.15) is 27.2 Å². The third-order valence-electron chi connectivity index (χ3n) is 5.50. The van der Waals surface area contributed by atoms with E-state index in [1.165, 1.54) is 0 Å². The van der Waals surface area contributed by atoms with Crippen molar-refractivity contribution >= 4 is 17.5 Å². The highest BCUT2D eigenvalue weighted by molar-refractivity contribution is 6.04. The second-order valence-corrected chi connectivity index (χ2v) is 7.97. The van der Waals surface area contributed by atoms with Crippen LogP contribution in [0.2, 0.25) is 0 Å². The summed E-state index contributed by atoms with van der Waals surface area (Å²) in [5.74, 6) is 0.00501. The smallest absolute Gasteiger partial charge is 0.255 e. The zero-order chi connectivity index (χ0) is 24.1. The maximum Gasteiger partial charge on any atom is 0.255 e. The number of hydrogen-bond acceptors (Lipinski definition) is 4. The lowest BCUT2D eigenvalue weighted by atomic mass is 9.98. The Morgan fingerprint density at radius 3 is 2.50 bits per heavy atom. The molecule has 2 amide bonds. The van der Waals surface area contributed by atoms with E-state index in [9.17, 15) is 9.59 Å². The van der Waals surface area contributed by atoms with Crippen molar-refractivity contribution in [1.82, 2.24) is 9.78 Å². The van der Waals surface area contributed by atoms with Gasteiger partial charge in [-0.3, -0.25) is 14.3 Å². The first-order valence-corrected chi connectivity index (χ1v) is 10.9. The first-order valence-electron chi connectivity index (χ1n) is 10.9. The van der Waals surface area contributed by atoms with Gasteiger partial charge in [0.2, 0.25) is 5.91 Å². The molecule has 0 unspecified atom stereocenters. The van der Waals surface area contributed by atoms with Gasteiger partial charge in [-0.2, -0.15) is 5.10 Å². The summed E-state index contributed by atoms with van der Waals surface area (Å²) in [5.41, 5.74) is 11.2. The molecule has 1 heterocycles. The highest BCUT2D eigenvalue weighted by atomic mass is 16.5. The Morgan fingerprint density at radius 2 is 1.76 bits per heavy atom. The zero-order valence-corrected chi connectivity index (χ0v) is 19.1. The largest absolute Gasteiger partial charge is 0.497 e. The number of aromatic nitrogens is 2. The number of methoxy groups -OCH3 is 1. The molecule has 0 spiro atoms. The van der Waals surface area contributed by atoms with Gasteiger partial charge in [0, 0.05) is 34.9 Å². The first kappa shape index (κ1) is 22.8. The maximum absolute atomic E-state index is 12.9. The summed E-state index contributed by atoms with van der Waals surface area (Å²) in [6.45, 7) is 1.91. The molecular weight excluding hydrogens is 428 g/mol. The van der Waals surface area contributed by atoms with Crippen LogP contribution in [0.15, 0.2) is 78.9 Å². The van der Waals surface area contributed by atoms with E-state index >= 15 is 0 Å². The van der Waals surface area contributed by atoms with Crippen molar-refractivity contribution in [1.29, 1.82) is 0 Å². The molecule has 7 nitrogen and oxygen atoms in total. The maximum atomic E-state index is 12.9. The second-order valence-electron chi connectivity index (χ2n) is 7.97. The number of nitrogens with zero attached hydrogens (tertiary/aromatic N) is 2. The Bertz CT molecular complexity index is 1330. The van der Waals surface area contributed by atoms with E-state index in [1.807, 2.05) is 73.7 Å². The quantitative estimate of drug-likeness (QED) is 0.417. The van der Waals surface area contributed by atoms with Gasteiger partial charge in [-0.25, -0.2) is 0 Å². The minimum Gasteiger partial charge on any atom is -0.497 e. The van der Waals surface area contributed by atoms with E-state index in [2.05, 4.69) is 10.4 Å². The second kappa shape index (κ2) is 10.0. The Kier molecular flexibility index (Phi) is 6.73. The van der Waals surface area contributed by atoms with Gasteiger partial charge in [-0.1, -0.05) is 48.5 Å². The highest BCUT2D eigenvalue weighted by Crippen LogP contribution is 2.29. The predicted molar refractivity (Wildman–Crippen MR) is 132 cm³/mol. The number of nitrogens with one attached hydrogen (secondary N) is 1. The molecule has 3 aromatic carbocycles. The summed E-state index contributed by atoms with van der Waals surface area (Å²) >= 11 is 0.